The van der Waals surface area contributed by atoms with E-state index in [1.165, 1.54) is 60.1 Å². The first-order valence-electron chi connectivity index (χ1n) is 7.25. The number of hydrogen-bond donors (Lipinski definition) is 1. The molecule has 2 rings (SSSR count). The molecule has 1 heterocycles. The summed E-state index contributed by atoms with van der Waals surface area (Å²) in [6.45, 7) is 4.52. The Hall–Kier alpha value is -0.380. The molecule has 0 saturated heterocycles. The molecule has 1 aromatic carbocycles. The van der Waals surface area contributed by atoms with Gasteiger partial charge in [-0.25, -0.2) is 0 Å². The Kier molecular flexibility index (Phi) is 6.35. The summed E-state index contributed by atoms with van der Waals surface area (Å²) in [5.74, 6) is 0. The molecule has 0 saturated carbocycles. The van der Waals surface area contributed by atoms with E-state index in [0.29, 0.717) is 0 Å². The Bertz CT molecular complexity index is 440. The van der Waals surface area contributed by atoms with Crippen LogP contribution in [-0.2, 0) is 12.8 Å². The average Bonchev–Trinajstić information content (AvgIpc) is 2.97. The zero-order valence-corrected chi connectivity index (χ0v) is 13.5. The standard InChI is InChI=1S/C16H23NS2/c1-3-5-7-13-9-10-14(8-6-4-2)15(11-13)16-12-18-17-19-16/h9-12,17H,3-8H2,1-2H3. The van der Waals surface area contributed by atoms with Gasteiger partial charge in [-0.1, -0.05) is 44.9 Å². The lowest BCUT2D eigenvalue weighted by Crippen LogP contribution is -1.96. The van der Waals surface area contributed by atoms with Crippen molar-refractivity contribution in [1.29, 1.82) is 0 Å². The molecule has 1 aliphatic heterocycles. The Morgan fingerprint density at radius 3 is 2.53 bits per heavy atom. The Balaban J connectivity index is 2.21. The van der Waals surface area contributed by atoms with Gasteiger partial charge in [0.25, 0.3) is 0 Å². The SMILES string of the molecule is CCCCc1ccc(CCCC)c(C2=CSNS2)c1. The summed E-state index contributed by atoms with van der Waals surface area (Å²) in [4.78, 5) is 1.38. The molecule has 0 aromatic heterocycles. The average molecular weight is 294 g/mol. The summed E-state index contributed by atoms with van der Waals surface area (Å²) in [5, 5.41) is 2.24. The molecule has 1 N–H and O–H groups in total. The molecule has 0 atom stereocenters. The second-order valence-corrected chi connectivity index (χ2v) is 6.77. The fourth-order valence-corrected chi connectivity index (χ4v) is 3.88. The van der Waals surface area contributed by atoms with Crippen molar-refractivity contribution >= 4 is 28.8 Å². The highest BCUT2D eigenvalue weighted by Crippen LogP contribution is 2.37. The third-order valence-corrected chi connectivity index (χ3v) is 5.20. The monoisotopic (exact) mass is 293 g/mol. The molecule has 0 unspecified atom stereocenters. The fourth-order valence-electron chi connectivity index (χ4n) is 2.26. The van der Waals surface area contributed by atoms with Gasteiger partial charge in [-0.15, -0.1) is 0 Å². The van der Waals surface area contributed by atoms with Gasteiger partial charge in [0.1, 0.15) is 0 Å². The third kappa shape index (κ3) is 4.30. The van der Waals surface area contributed by atoms with E-state index in [0.717, 1.165) is 0 Å². The normalized spacial score (nSPS) is 14.7. The van der Waals surface area contributed by atoms with Gasteiger partial charge in [-0.05, 0) is 66.3 Å². The lowest BCUT2D eigenvalue weighted by molar-refractivity contribution is 0.785. The molecule has 0 bridgehead atoms. The van der Waals surface area contributed by atoms with E-state index in [4.69, 9.17) is 0 Å². The Morgan fingerprint density at radius 1 is 1.05 bits per heavy atom. The van der Waals surface area contributed by atoms with Crippen LogP contribution in [0.3, 0.4) is 0 Å². The number of rotatable bonds is 7. The highest BCUT2D eigenvalue weighted by atomic mass is 32.2. The molecular weight excluding hydrogens is 270 g/mol. The molecule has 1 aliphatic rings. The zero-order valence-electron chi connectivity index (χ0n) is 11.9. The predicted octanol–water partition coefficient (Wildman–Crippen LogP) is 5.57. The molecule has 0 spiro atoms. The van der Waals surface area contributed by atoms with Crippen molar-refractivity contribution in [2.24, 2.45) is 0 Å². The van der Waals surface area contributed by atoms with Crippen molar-refractivity contribution in [2.45, 2.75) is 52.4 Å². The maximum atomic E-state index is 3.26. The van der Waals surface area contributed by atoms with Crippen LogP contribution < -0.4 is 4.13 Å². The van der Waals surface area contributed by atoms with Crippen molar-refractivity contribution in [1.82, 2.24) is 4.13 Å². The molecule has 0 amide bonds. The van der Waals surface area contributed by atoms with Crippen LogP contribution >= 0.6 is 23.9 Å². The minimum atomic E-state index is 1.20. The second kappa shape index (κ2) is 8.03. The summed E-state index contributed by atoms with van der Waals surface area (Å²) >= 11 is 3.43. The predicted molar refractivity (Wildman–Crippen MR) is 90.0 cm³/mol. The molecule has 1 aromatic rings. The number of unbranched alkanes of at least 4 members (excludes halogenated alkanes) is 2. The highest BCUT2D eigenvalue weighted by Gasteiger charge is 2.13. The smallest absolute Gasteiger partial charge is 0.0388 e. The topological polar surface area (TPSA) is 12.0 Å². The van der Waals surface area contributed by atoms with Crippen LogP contribution in [0.4, 0.5) is 0 Å². The first-order chi connectivity index (χ1) is 9.35. The molecule has 19 heavy (non-hydrogen) atoms. The van der Waals surface area contributed by atoms with Crippen LogP contribution in [0.25, 0.3) is 4.91 Å². The second-order valence-electron chi connectivity index (χ2n) is 4.98. The molecular formula is C16H23NS2. The van der Waals surface area contributed by atoms with Crippen molar-refractivity contribution in [2.75, 3.05) is 0 Å². The fraction of sp³-hybridized carbons (Fsp3) is 0.500. The molecule has 0 radical (unpaired) electrons. The Labute approximate surface area is 125 Å². The summed E-state index contributed by atoms with van der Waals surface area (Å²) in [5.41, 5.74) is 4.44. The first kappa shape index (κ1) is 15.0. The lowest BCUT2D eigenvalue weighted by Gasteiger charge is -2.12. The van der Waals surface area contributed by atoms with Gasteiger partial charge in [0.15, 0.2) is 0 Å². The van der Waals surface area contributed by atoms with Crippen LogP contribution in [0, 0.1) is 0 Å². The zero-order chi connectivity index (χ0) is 13.5. The van der Waals surface area contributed by atoms with Gasteiger partial charge >= 0.3 is 0 Å². The molecule has 0 aliphatic carbocycles. The maximum Gasteiger partial charge on any atom is 0.0388 e. The number of benzene rings is 1. The number of nitrogens with one attached hydrogen (secondary N) is 1. The quantitative estimate of drug-likeness (QED) is 0.660. The summed E-state index contributed by atoms with van der Waals surface area (Å²) in [7, 11) is 0. The first-order valence-corrected chi connectivity index (χ1v) is 8.94. The molecule has 1 nitrogen and oxygen atoms in total. The largest absolute Gasteiger partial charge is 0.200 e. The van der Waals surface area contributed by atoms with Crippen molar-refractivity contribution in [3.8, 4) is 0 Å². The minimum absolute atomic E-state index is 1.20. The maximum absolute atomic E-state index is 3.26. The third-order valence-electron chi connectivity index (χ3n) is 3.42. The van der Waals surface area contributed by atoms with Gasteiger partial charge < -0.3 is 0 Å². The van der Waals surface area contributed by atoms with Gasteiger partial charge in [0.2, 0.25) is 0 Å². The summed E-state index contributed by atoms with van der Waals surface area (Å²) in [6.07, 6.45) is 7.49. The van der Waals surface area contributed by atoms with E-state index < -0.39 is 0 Å². The summed E-state index contributed by atoms with van der Waals surface area (Å²) < 4.78 is 3.26. The van der Waals surface area contributed by atoms with E-state index in [2.05, 4.69) is 41.6 Å². The van der Waals surface area contributed by atoms with E-state index >= 15 is 0 Å². The van der Waals surface area contributed by atoms with E-state index in [-0.39, 0.29) is 0 Å². The highest BCUT2D eigenvalue weighted by molar-refractivity contribution is 8.22. The minimum Gasteiger partial charge on any atom is -0.200 e. The summed E-state index contributed by atoms with van der Waals surface area (Å²) in [6, 6.07) is 7.08. The van der Waals surface area contributed by atoms with E-state index in [1.807, 2.05) is 0 Å². The molecule has 3 heteroatoms. The van der Waals surface area contributed by atoms with Gasteiger partial charge in [-0.2, -0.15) is 4.13 Å². The van der Waals surface area contributed by atoms with Crippen LogP contribution in [0.5, 0.6) is 0 Å². The van der Waals surface area contributed by atoms with Gasteiger partial charge in [0, 0.05) is 10.3 Å². The van der Waals surface area contributed by atoms with Crippen LogP contribution in [0.15, 0.2) is 23.6 Å². The van der Waals surface area contributed by atoms with Crippen LogP contribution in [0.1, 0.15) is 56.2 Å². The number of aryl methyl sites for hydroxylation is 2. The molecule has 104 valence electrons. The van der Waals surface area contributed by atoms with Crippen LogP contribution in [0.2, 0.25) is 0 Å². The van der Waals surface area contributed by atoms with Crippen molar-refractivity contribution in [3.05, 3.63) is 40.3 Å². The lowest BCUT2D eigenvalue weighted by atomic mass is 9.97. The van der Waals surface area contributed by atoms with E-state index in [9.17, 15) is 0 Å². The number of hydrogen-bond acceptors (Lipinski definition) is 3. The Morgan fingerprint density at radius 2 is 1.84 bits per heavy atom. The van der Waals surface area contributed by atoms with E-state index in [1.54, 1.807) is 23.9 Å². The molecule has 0 fully saturated rings. The van der Waals surface area contributed by atoms with Gasteiger partial charge in [0.05, 0.1) is 0 Å². The van der Waals surface area contributed by atoms with Crippen LogP contribution in [-0.4, -0.2) is 0 Å². The van der Waals surface area contributed by atoms with Gasteiger partial charge in [-0.3, -0.25) is 0 Å². The van der Waals surface area contributed by atoms with Crippen molar-refractivity contribution < 1.29 is 0 Å². The van der Waals surface area contributed by atoms with Crippen molar-refractivity contribution in [3.63, 3.8) is 0 Å².